The van der Waals surface area contributed by atoms with E-state index in [2.05, 4.69) is 9.74 Å². The molecule has 3 N–H and O–H groups in total. The van der Waals surface area contributed by atoms with Crippen LogP contribution in [-0.4, -0.2) is 46.9 Å². The molecule has 7 nitrogen and oxygen atoms in total. The fourth-order valence-corrected chi connectivity index (χ4v) is 4.84. The molecule has 8 heteroatoms. The third-order valence-electron chi connectivity index (χ3n) is 6.53. The quantitative estimate of drug-likeness (QED) is 0.729. The number of anilines is 1. The number of aryl methyl sites for hydroxylation is 1. The topological polar surface area (TPSA) is 88.9 Å². The number of benzene rings is 1. The second kappa shape index (κ2) is 8.12. The van der Waals surface area contributed by atoms with Crippen LogP contribution in [0.25, 0.3) is 16.1 Å². The lowest BCUT2D eigenvalue weighted by Gasteiger charge is -2.42. The zero-order valence-corrected chi connectivity index (χ0v) is 18.0. The highest BCUT2D eigenvalue weighted by Gasteiger charge is 2.47. The molecule has 1 aromatic heterocycles. The predicted molar refractivity (Wildman–Crippen MR) is 117 cm³/mol. The number of aromatic nitrogens is 2. The number of nitrogens with two attached hydrogens (primary N) is 1. The third kappa shape index (κ3) is 3.44. The lowest BCUT2D eigenvalue weighted by molar-refractivity contribution is 0.0973. The monoisotopic (exact) mass is 427 g/mol. The minimum absolute atomic E-state index is 0.0193. The van der Waals surface area contributed by atoms with E-state index < -0.39 is 0 Å². The van der Waals surface area contributed by atoms with Crippen LogP contribution in [0.2, 0.25) is 5.02 Å². The number of piperidine rings is 1. The van der Waals surface area contributed by atoms with Crippen molar-refractivity contribution in [2.75, 3.05) is 24.6 Å². The van der Waals surface area contributed by atoms with Crippen LogP contribution in [0.15, 0.2) is 18.2 Å². The summed E-state index contributed by atoms with van der Waals surface area (Å²) in [6.07, 6.45) is 1.93. The molecule has 0 saturated carbocycles. The normalized spacial score (nSPS) is 23.0. The number of rotatable bonds is 3. The zero-order valence-electron chi connectivity index (χ0n) is 17.2. The molecular weight excluding hydrogens is 402 g/mol. The maximum absolute atomic E-state index is 10.0. The van der Waals surface area contributed by atoms with Gasteiger partial charge in [-0.3, -0.25) is 0 Å². The van der Waals surface area contributed by atoms with Crippen molar-refractivity contribution in [3.63, 3.8) is 0 Å². The van der Waals surface area contributed by atoms with E-state index in [1.807, 2.05) is 19.9 Å². The third-order valence-corrected chi connectivity index (χ3v) is 6.93. The summed E-state index contributed by atoms with van der Waals surface area (Å²) < 4.78 is 5.81. The number of hydrogen-bond donors (Lipinski definition) is 2. The molecule has 0 aliphatic carbocycles. The summed E-state index contributed by atoms with van der Waals surface area (Å²) in [5.74, 6) is 0.701. The Hall–Kier alpha value is -2.24. The Labute approximate surface area is 181 Å². The van der Waals surface area contributed by atoms with E-state index in [9.17, 15) is 5.11 Å². The van der Waals surface area contributed by atoms with Gasteiger partial charge in [-0.25, -0.2) is 14.8 Å². The largest absolute Gasteiger partial charge is 0.390 e. The first kappa shape index (κ1) is 21.0. The van der Waals surface area contributed by atoms with Gasteiger partial charge in [0.2, 0.25) is 5.69 Å². The maximum atomic E-state index is 10.0. The van der Waals surface area contributed by atoms with Crippen molar-refractivity contribution in [2.24, 2.45) is 11.1 Å². The minimum atomic E-state index is -0.225. The first-order chi connectivity index (χ1) is 14.4. The van der Waals surface area contributed by atoms with E-state index >= 15 is 0 Å². The standard InChI is InChI=1S/C22H26ClN5O2/c1-13-19(15-5-4-6-16(25-3)18(15)23)27-17(11-29)21(26-13)28-9-7-22(8-10-28)12-30-14(2)20(22)24/h4-6,14,20,29H,7-12,24H2,1-2H3/t14-,20+/m0/s1. The van der Waals surface area contributed by atoms with Gasteiger partial charge in [-0.15, -0.1) is 0 Å². The molecular formula is C22H26ClN5O2. The molecule has 30 heavy (non-hydrogen) atoms. The molecule has 3 heterocycles. The van der Waals surface area contributed by atoms with Crippen molar-refractivity contribution >= 4 is 23.1 Å². The molecule has 2 fully saturated rings. The van der Waals surface area contributed by atoms with Crippen molar-refractivity contribution < 1.29 is 9.84 Å². The second-order valence-corrected chi connectivity index (χ2v) is 8.61. The lowest BCUT2D eigenvalue weighted by atomic mass is 9.73. The second-order valence-electron chi connectivity index (χ2n) is 8.23. The molecule has 158 valence electrons. The van der Waals surface area contributed by atoms with E-state index in [0.29, 0.717) is 45.8 Å². The number of halogens is 1. The van der Waals surface area contributed by atoms with Crippen LogP contribution in [-0.2, 0) is 11.3 Å². The van der Waals surface area contributed by atoms with Crippen molar-refractivity contribution in [3.05, 3.63) is 46.0 Å². The van der Waals surface area contributed by atoms with Gasteiger partial charge in [0.15, 0.2) is 5.82 Å². The van der Waals surface area contributed by atoms with E-state index in [-0.39, 0.29) is 24.2 Å². The molecule has 2 atom stereocenters. The summed E-state index contributed by atoms with van der Waals surface area (Å²) in [4.78, 5) is 15.1. The fourth-order valence-electron chi connectivity index (χ4n) is 4.58. The number of ether oxygens (including phenoxy) is 1. The van der Waals surface area contributed by atoms with Crippen molar-refractivity contribution in [3.8, 4) is 11.3 Å². The SMILES string of the molecule is [C-]#[N+]c1cccc(-c2nc(CO)c(N3CCC4(CC3)CO[C@@H](C)[C@H]4N)nc2C)c1Cl. The molecule has 0 amide bonds. The van der Waals surface area contributed by atoms with E-state index in [0.717, 1.165) is 25.9 Å². The number of nitrogens with zero attached hydrogens (tertiary/aromatic N) is 4. The highest BCUT2D eigenvalue weighted by Crippen LogP contribution is 2.42. The van der Waals surface area contributed by atoms with E-state index in [1.54, 1.807) is 12.1 Å². The average molecular weight is 428 g/mol. The molecule has 0 unspecified atom stereocenters. The Kier molecular flexibility index (Phi) is 5.69. The van der Waals surface area contributed by atoms with Gasteiger partial charge in [0.05, 0.1) is 42.3 Å². The minimum Gasteiger partial charge on any atom is -0.390 e. The van der Waals surface area contributed by atoms with E-state index in [1.165, 1.54) is 0 Å². The molecule has 1 spiro atoms. The summed E-state index contributed by atoms with van der Waals surface area (Å²) in [5.41, 5.74) is 9.28. The molecule has 1 aromatic carbocycles. The van der Waals surface area contributed by atoms with Gasteiger partial charge in [-0.2, -0.15) is 0 Å². The first-order valence-corrected chi connectivity index (χ1v) is 10.5. The summed E-state index contributed by atoms with van der Waals surface area (Å²) in [6, 6.07) is 5.32. The van der Waals surface area contributed by atoms with Crippen LogP contribution < -0.4 is 10.6 Å². The van der Waals surface area contributed by atoms with Gasteiger partial charge >= 0.3 is 0 Å². The van der Waals surface area contributed by atoms with Crippen LogP contribution in [0, 0.1) is 18.9 Å². The summed E-state index contributed by atoms with van der Waals surface area (Å²) in [5, 5.41) is 10.4. The van der Waals surface area contributed by atoms with Crippen molar-refractivity contribution in [2.45, 2.75) is 45.4 Å². The van der Waals surface area contributed by atoms with Gasteiger partial charge in [0, 0.05) is 30.1 Å². The molecule has 0 radical (unpaired) electrons. The lowest BCUT2D eigenvalue weighted by Crippen LogP contribution is -2.51. The van der Waals surface area contributed by atoms with Crippen LogP contribution in [0.1, 0.15) is 31.2 Å². The van der Waals surface area contributed by atoms with Crippen molar-refractivity contribution in [1.82, 2.24) is 9.97 Å². The van der Waals surface area contributed by atoms with Crippen LogP contribution in [0.5, 0.6) is 0 Å². The van der Waals surface area contributed by atoms with Crippen LogP contribution in [0.3, 0.4) is 0 Å². The Bertz CT molecular complexity index is 998. The Balaban J connectivity index is 1.64. The highest BCUT2D eigenvalue weighted by molar-refractivity contribution is 6.36. The molecule has 4 rings (SSSR count). The van der Waals surface area contributed by atoms with Crippen LogP contribution >= 0.6 is 11.6 Å². The smallest absolute Gasteiger partial charge is 0.206 e. The summed E-state index contributed by atoms with van der Waals surface area (Å²) in [6.45, 7) is 13.3. The maximum Gasteiger partial charge on any atom is 0.206 e. The van der Waals surface area contributed by atoms with Gasteiger partial charge in [-0.05, 0) is 26.7 Å². The first-order valence-electron chi connectivity index (χ1n) is 10.2. The fraction of sp³-hybridized carbons (Fsp3) is 0.500. The number of aliphatic hydroxyl groups excluding tert-OH is 1. The predicted octanol–water partition coefficient (Wildman–Crippen LogP) is 3.48. The van der Waals surface area contributed by atoms with Crippen LogP contribution in [0.4, 0.5) is 11.5 Å². The average Bonchev–Trinajstić information content (AvgIpc) is 3.03. The molecule has 2 aliphatic rings. The molecule has 2 aromatic rings. The molecule has 2 aliphatic heterocycles. The van der Waals surface area contributed by atoms with E-state index in [4.69, 9.17) is 38.6 Å². The summed E-state index contributed by atoms with van der Waals surface area (Å²) in [7, 11) is 0. The Morgan fingerprint density at radius 3 is 2.70 bits per heavy atom. The number of aliphatic hydroxyl groups is 1. The zero-order chi connectivity index (χ0) is 21.5. The highest BCUT2D eigenvalue weighted by atomic mass is 35.5. The van der Waals surface area contributed by atoms with Gasteiger partial charge in [0.1, 0.15) is 5.69 Å². The Morgan fingerprint density at radius 2 is 2.10 bits per heavy atom. The number of hydrogen-bond acceptors (Lipinski definition) is 6. The van der Waals surface area contributed by atoms with Crippen molar-refractivity contribution in [1.29, 1.82) is 0 Å². The van der Waals surface area contributed by atoms with Gasteiger partial charge in [0.25, 0.3) is 0 Å². The van der Waals surface area contributed by atoms with Gasteiger partial charge in [-0.1, -0.05) is 29.8 Å². The molecule has 2 saturated heterocycles. The Morgan fingerprint density at radius 1 is 1.37 bits per heavy atom. The molecule has 0 bridgehead atoms. The van der Waals surface area contributed by atoms with Gasteiger partial charge < -0.3 is 20.5 Å². The summed E-state index contributed by atoms with van der Waals surface area (Å²) >= 11 is 6.42.